The zero-order valence-corrected chi connectivity index (χ0v) is 5.65. The van der Waals surface area contributed by atoms with E-state index >= 15 is 0 Å². The number of ether oxygens (including phenoxy) is 1. The molecule has 0 rings (SSSR count). The number of aliphatic hydroxyl groups is 2. The van der Waals surface area contributed by atoms with Crippen molar-refractivity contribution in [3.63, 3.8) is 0 Å². The Hall–Kier alpha value is -0.650. The lowest BCUT2D eigenvalue weighted by Gasteiger charge is -2.12. The van der Waals surface area contributed by atoms with Crippen LogP contribution < -0.4 is 5.73 Å². The van der Waals surface area contributed by atoms with Crippen LogP contribution in [-0.4, -0.2) is 42.0 Å². The van der Waals surface area contributed by atoms with Crippen molar-refractivity contribution in [2.75, 3.05) is 13.7 Å². The van der Waals surface area contributed by atoms with Crippen LogP contribution in [0.15, 0.2) is 0 Å². The van der Waals surface area contributed by atoms with Gasteiger partial charge in [0.1, 0.15) is 6.10 Å². The van der Waals surface area contributed by atoms with Crippen LogP contribution in [-0.2, 0) is 9.53 Å². The van der Waals surface area contributed by atoms with Crippen LogP contribution in [0.1, 0.15) is 0 Å². The first-order valence-electron chi connectivity index (χ1n) is 2.77. The van der Waals surface area contributed by atoms with Gasteiger partial charge < -0.3 is 20.7 Å². The molecule has 0 aromatic carbocycles. The number of hydrogen-bond donors (Lipinski definition) is 3. The van der Waals surface area contributed by atoms with Crippen molar-refractivity contribution in [2.45, 2.75) is 12.2 Å². The Morgan fingerprint density at radius 1 is 1.70 bits per heavy atom. The largest absolute Gasteiger partial charge is 0.467 e. The van der Waals surface area contributed by atoms with E-state index in [1.807, 2.05) is 0 Å². The molecule has 0 saturated carbocycles. The van der Waals surface area contributed by atoms with E-state index < -0.39 is 18.2 Å². The summed E-state index contributed by atoms with van der Waals surface area (Å²) in [6, 6.07) is 0. The second-order valence-corrected chi connectivity index (χ2v) is 1.77. The van der Waals surface area contributed by atoms with Gasteiger partial charge in [0.05, 0.1) is 7.11 Å². The molecule has 0 aliphatic heterocycles. The smallest absolute Gasteiger partial charge is 0.337 e. The summed E-state index contributed by atoms with van der Waals surface area (Å²) in [7, 11) is 1.12. The lowest BCUT2D eigenvalue weighted by atomic mass is 10.2. The van der Waals surface area contributed by atoms with E-state index in [1.54, 1.807) is 0 Å². The van der Waals surface area contributed by atoms with Gasteiger partial charge in [-0.1, -0.05) is 0 Å². The molecule has 2 atom stereocenters. The zero-order valence-electron chi connectivity index (χ0n) is 5.65. The average Bonchev–Trinajstić information content (AvgIpc) is 2.00. The lowest BCUT2D eigenvalue weighted by molar-refractivity contribution is -0.156. The highest BCUT2D eigenvalue weighted by atomic mass is 16.5. The number of esters is 1. The number of hydrogen-bond acceptors (Lipinski definition) is 5. The number of rotatable bonds is 3. The van der Waals surface area contributed by atoms with Gasteiger partial charge in [-0.2, -0.15) is 0 Å². The maximum atomic E-state index is 10.4. The summed E-state index contributed by atoms with van der Waals surface area (Å²) in [5.41, 5.74) is 4.95. The third kappa shape index (κ3) is 2.30. The molecule has 0 heterocycles. The summed E-state index contributed by atoms with van der Waals surface area (Å²) in [4.78, 5) is 10.4. The molecule has 0 bridgehead atoms. The fourth-order valence-electron chi connectivity index (χ4n) is 0.407. The lowest BCUT2D eigenvalue weighted by Crippen LogP contribution is -2.39. The molecule has 0 aliphatic carbocycles. The van der Waals surface area contributed by atoms with Gasteiger partial charge in [0, 0.05) is 6.54 Å². The van der Waals surface area contributed by atoms with E-state index in [0.29, 0.717) is 0 Å². The topological polar surface area (TPSA) is 92.8 Å². The SMILES string of the molecule is COC(=O)[C@@H](O)[C@@H](O)CN. The van der Waals surface area contributed by atoms with Crippen molar-refractivity contribution < 1.29 is 19.7 Å². The summed E-state index contributed by atoms with van der Waals surface area (Å²) in [6.07, 6.45) is -2.78. The summed E-state index contributed by atoms with van der Waals surface area (Å²) in [5.74, 6) is -0.877. The summed E-state index contributed by atoms with van der Waals surface area (Å²) >= 11 is 0. The maximum Gasteiger partial charge on any atom is 0.337 e. The van der Waals surface area contributed by atoms with E-state index in [4.69, 9.17) is 15.9 Å². The van der Waals surface area contributed by atoms with Crippen molar-refractivity contribution >= 4 is 5.97 Å². The highest BCUT2D eigenvalue weighted by Gasteiger charge is 2.23. The minimum atomic E-state index is -1.53. The Bertz CT molecular complexity index is 116. The minimum Gasteiger partial charge on any atom is -0.467 e. The molecule has 4 N–H and O–H groups in total. The van der Waals surface area contributed by atoms with Gasteiger partial charge in [-0.05, 0) is 0 Å². The van der Waals surface area contributed by atoms with E-state index in [9.17, 15) is 4.79 Å². The summed E-state index contributed by atoms with van der Waals surface area (Å²) < 4.78 is 4.13. The van der Waals surface area contributed by atoms with Crippen LogP contribution in [0.25, 0.3) is 0 Å². The maximum absolute atomic E-state index is 10.4. The van der Waals surface area contributed by atoms with Gasteiger partial charge in [0.15, 0.2) is 6.10 Å². The predicted molar refractivity (Wildman–Crippen MR) is 33.1 cm³/mol. The summed E-state index contributed by atoms with van der Waals surface area (Å²) in [6.45, 7) is -0.170. The summed E-state index contributed by atoms with van der Waals surface area (Å²) in [5, 5.41) is 17.5. The van der Waals surface area contributed by atoms with Crippen LogP contribution >= 0.6 is 0 Å². The van der Waals surface area contributed by atoms with Gasteiger partial charge in [0.25, 0.3) is 0 Å². The molecular weight excluding hydrogens is 138 g/mol. The van der Waals surface area contributed by atoms with Crippen LogP contribution in [0.3, 0.4) is 0 Å². The van der Waals surface area contributed by atoms with E-state index in [2.05, 4.69) is 4.74 Å². The van der Waals surface area contributed by atoms with Gasteiger partial charge in [0.2, 0.25) is 0 Å². The average molecular weight is 149 g/mol. The Labute approximate surface area is 58.4 Å². The fourth-order valence-corrected chi connectivity index (χ4v) is 0.407. The molecule has 0 unspecified atom stereocenters. The Balaban J connectivity index is 3.81. The van der Waals surface area contributed by atoms with Gasteiger partial charge in [-0.3, -0.25) is 0 Å². The molecule has 0 aromatic rings. The fraction of sp³-hybridized carbons (Fsp3) is 0.800. The van der Waals surface area contributed by atoms with Crippen molar-refractivity contribution in [2.24, 2.45) is 5.73 Å². The van der Waals surface area contributed by atoms with Crippen LogP contribution in [0.5, 0.6) is 0 Å². The van der Waals surface area contributed by atoms with Crippen LogP contribution in [0.2, 0.25) is 0 Å². The molecule has 60 valence electrons. The number of aliphatic hydroxyl groups excluding tert-OH is 2. The van der Waals surface area contributed by atoms with Crippen molar-refractivity contribution in [1.82, 2.24) is 0 Å². The van der Waals surface area contributed by atoms with Gasteiger partial charge >= 0.3 is 5.97 Å². The highest BCUT2D eigenvalue weighted by Crippen LogP contribution is 1.92. The van der Waals surface area contributed by atoms with E-state index in [1.165, 1.54) is 0 Å². The van der Waals surface area contributed by atoms with Crippen molar-refractivity contribution in [3.05, 3.63) is 0 Å². The normalized spacial score (nSPS) is 16.0. The molecule has 10 heavy (non-hydrogen) atoms. The minimum absolute atomic E-state index is 0.170. The monoisotopic (exact) mass is 149 g/mol. The second-order valence-electron chi connectivity index (χ2n) is 1.77. The van der Waals surface area contributed by atoms with Crippen LogP contribution in [0.4, 0.5) is 0 Å². The quantitative estimate of drug-likeness (QED) is 0.397. The first kappa shape index (κ1) is 9.35. The van der Waals surface area contributed by atoms with Crippen molar-refractivity contribution in [3.8, 4) is 0 Å². The first-order valence-corrected chi connectivity index (χ1v) is 2.77. The van der Waals surface area contributed by atoms with E-state index in [0.717, 1.165) is 7.11 Å². The molecule has 0 fully saturated rings. The molecule has 0 amide bonds. The molecule has 0 aliphatic rings. The Morgan fingerprint density at radius 2 is 2.20 bits per heavy atom. The third-order valence-corrected chi connectivity index (χ3v) is 1.05. The molecular formula is C5H11NO4. The second kappa shape index (κ2) is 4.21. The van der Waals surface area contributed by atoms with Crippen molar-refractivity contribution in [1.29, 1.82) is 0 Å². The number of carbonyl (C=O) groups is 1. The molecule has 0 spiro atoms. The molecule has 0 radical (unpaired) electrons. The zero-order chi connectivity index (χ0) is 8.15. The number of methoxy groups -OCH3 is 1. The van der Waals surface area contributed by atoms with E-state index in [-0.39, 0.29) is 6.54 Å². The van der Waals surface area contributed by atoms with Crippen LogP contribution in [0, 0.1) is 0 Å². The third-order valence-electron chi connectivity index (χ3n) is 1.05. The molecule has 5 nitrogen and oxygen atoms in total. The Morgan fingerprint density at radius 3 is 2.50 bits per heavy atom. The molecule has 0 saturated heterocycles. The van der Waals surface area contributed by atoms with Gasteiger partial charge in [-0.15, -0.1) is 0 Å². The number of carbonyl (C=O) groups excluding carboxylic acids is 1. The standard InChI is InChI=1S/C5H11NO4/c1-10-5(9)4(8)3(7)2-6/h3-4,7-8H,2,6H2,1H3/t3-,4-/m0/s1. The molecule has 0 aromatic heterocycles. The Kier molecular flexibility index (Phi) is 3.94. The highest BCUT2D eigenvalue weighted by molar-refractivity contribution is 5.74. The molecule has 5 heteroatoms. The number of nitrogens with two attached hydrogens (primary N) is 1. The predicted octanol–water partition coefficient (Wildman–Crippen LogP) is -2.16. The van der Waals surface area contributed by atoms with Gasteiger partial charge in [-0.25, -0.2) is 4.79 Å². The first-order chi connectivity index (χ1) is 4.63.